The van der Waals surface area contributed by atoms with Crippen molar-refractivity contribution < 1.29 is 9.18 Å². The summed E-state index contributed by atoms with van der Waals surface area (Å²) in [5.74, 6) is -0.333. The van der Waals surface area contributed by atoms with Gasteiger partial charge in [-0.25, -0.2) is 9.37 Å². The number of carbonyl (C=O) groups is 1. The van der Waals surface area contributed by atoms with Crippen molar-refractivity contribution in [3.63, 3.8) is 0 Å². The summed E-state index contributed by atoms with van der Waals surface area (Å²) in [4.78, 5) is 31.4. The minimum absolute atomic E-state index is 0.0837. The number of halogens is 1. The van der Waals surface area contributed by atoms with Crippen LogP contribution in [0.3, 0.4) is 0 Å². The van der Waals surface area contributed by atoms with E-state index < -0.39 is 11.7 Å². The van der Waals surface area contributed by atoms with Crippen molar-refractivity contribution in [3.8, 4) is 0 Å². The van der Waals surface area contributed by atoms with Gasteiger partial charge in [0, 0.05) is 18.1 Å². The largest absolute Gasteiger partial charge is 0.310 e. The number of aromatic nitrogens is 2. The zero-order chi connectivity index (χ0) is 16.4. The molecule has 1 aromatic carbocycles. The first-order valence-electron chi connectivity index (χ1n) is 7.01. The molecule has 0 saturated heterocycles. The molecule has 23 heavy (non-hydrogen) atoms. The zero-order valence-corrected chi connectivity index (χ0v) is 13.0. The van der Waals surface area contributed by atoms with Crippen LogP contribution < -0.4 is 10.9 Å². The standard InChI is InChI=1S/C16H14FN3O2S/c1-2-6-23-16-19-14-13(15(22)20-16)11(8-12(21)18-14)9-4-3-5-10(17)7-9/h2-5,7,11H,1,6,8H2,(H2,18,19,20,21,22)/t11-/m0/s1. The van der Waals surface area contributed by atoms with E-state index in [4.69, 9.17) is 0 Å². The van der Waals surface area contributed by atoms with Crippen LogP contribution in [0.25, 0.3) is 0 Å². The molecule has 3 rings (SSSR count). The van der Waals surface area contributed by atoms with Gasteiger partial charge in [-0.05, 0) is 17.7 Å². The van der Waals surface area contributed by atoms with Gasteiger partial charge >= 0.3 is 0 Å². The number of amides is 1. The number of anilines is 1. The Morgan fingerprint density at radius 2 is 2.26 bits per heavy atom. The molecule has 2 heterocycles. The maximum atomic E-state index is 13.5. The number of benzene rings is 1. The summed E-state index contributed by atoms with van der Waals surface area (Å²) in [5.41, 5.74) is 0.619. The highest BCUT2D eigenvalue weighted by Crippen LogP contribution is 2.34. The third kappa shape index (κ3) is 3.19. The quantitative estimate of drug-likeness (QED) is 0.513. The lowest BCUT2D eigenvalue weighted by Gasteiger charge is -2.24. The molecule has 1 atom stereocenters. The third-order valence-corrected chi connectivity index (χ3v) is 4.39. The number of nitrogens with one attached hydrogen (secondary N) is 2. The van der Waals surface area contributed by atoms with Crippen LogP contribution in [0.5, 0.6) is 0 Å². The average Bonchev–Trinajstić information content (AvgIpc) is 2.51. The predicted molar refractivity (Wildman–Crippen MR) is 87.3 cm³/mol. The van der Waals surface area contributed by atoms with E-state index in [-0.39, 0.29) is 23.7 Å². The lowest BCUT2D eigenvalue weighted by molar-refractivity contribution is -0.116. The molecule has 0 bridgehead atoms. The van der Waals surface area contributed by atoms with Crippen molar-refractivity contribution >= 4 is 23.5 Å². The monoisotopic (exact) mass is 331 g/mol. The van der Waals surface area contributed by atoms with Crippen LogP contribution in [-0.2, 0) is 4.79 Å². The SMILES string of the molecule is C=CCSc1nc2c(c(=O)[nH]1)[C@H](c1cccc(F)c1)CC(=O)N2. The van der Waals surface area contributed by atoms with E-state index in [2.05, 4.69) is 21.9 Å². The third-order valence-electron chi connectivity index (χ3n) is 3.52. The number of rotatable bonds is 4. The molecule has 5 nitrogen and oxygen atoms in total. The Kier molecular flexibility index (Phi) is 4.29. The minimum Gasteiger partial charge on any atom is -0.310 e. The van der Waals surface area contributed by atoms with Gasteiger partial charge in [0.1, 0.15) is 11.6 Å². The fourth-order valence-corrected chi connectivity index (χ4v) is 3.16. The first kappa shape index (κ1) is 15.5. The van der Waals surface area contributed by atoms with Crippen molar-refractivity contribution in [3.05, 3.63) is 64.2 Å². The molecule has 1 aromatic heterocycles. The van der Waals surface area contributed by atoms with Crippen LogP contribution in [-0.4, -0.2) is 21.6 Å². The molecule has 1 amide bonds. The molecule has 7 heteroatoms. The van der Waals surface area contributed by atoms with Crippen molar-refractivity contribution in [2.75, 3.05) is 11.1 Å². The normalized spacial score (nSPS) is 16.6. The van der Waals surface area contributed by atoms with Gasteiger partial charge in [0.25, 0.3) is 5.56 Å². The van der Waals surface area contributed by atoms with Gasteiger partial charge in [-0.3, -0.25) is 9.59 Å². The van der Waals surface area contributed by atoms with Gasteiger partial charge in [0.05, 0.1) is 5.56 Å². The number of nitrogens with zero attached hydrogens (tertiary/aromatic N) is 1. The Hall–Kier alpha value is -2.41. The molecule has 2 aromatic rings. The molecule has 0 fully saturated rings. The summed E-state index contributed by atoms with van der Waals surface area (Å²) in [6, 6.07) is 5.93. The highest BCUT2D eigenvalue weighted by Gasteiger charge is 2.31. The molecule has 0 saturated carbocycles. The van der Waals surface area contributed by atoms with Gasteiger partial charge in [-0.1, -0.05) is 30.0 Å². The number of hydrogen-bond donors (Lipinski definition) is 2. The summed E-state index contributed by atoms with van der Waals surface area (Å²) >= 11 is 1.31. The summed E-state index contributed by atoms with van der Waals surface area (Å²) in [6.45, 7) is 3.61. The number of H-pyrrole nitrogens is 1. The van der Waals surface area contributed by atoms with Gasteiger partial charge in [0.2, 0.25) is 5.91 Å². The van der Waals surface area contributed by atoms with Gasteiger partial charge in [-0.15, -0.1) is 6.58 Å². The average molecular weight is 331 g/mol. The Morgan fingerprint density at radius 3 is 3.00 bits per heavy atom. The first-order valence-corrected chi connectivity index (χ1v) is 8.00. The van der Waals surface area contributed by atoms with Crippen LogP contribution in [0.4, 0.5) is 10.2 Å². The summed E-state index contributed by atoms with van der Waals surface area (Å²) < 4.78 is 13.5. The second-order valence-corrected chi connectivity index (χ2v) is 6.10. The molecule has 1 aliphatic rings. The summed E-state index contributed by atoms with van der Waals surface area (Å²) in [5, 5.41) is 3.04. The van der Waals surface area contributed by atoms with Gasteiger partial charge < -0.3 is 10.3 Å². The van der Waals surface area contributed by atoms with E-state index in [1.54, 1.807) is 18.2 Å². The lowest BCUT2D eigenvalue weighted by Crippen LogP contribution is -2.31. The number of carbonyl (C=O) groups excluding carboxylic acids is 1. The van der Waals surface area contributed by atoms with Crippen molar-refractivity contribution in [2.24, 2.45) is 0 Å². The molecule has 0 aliphatic carbocycles. The van der Waals surface area contributed by atoms with Crippen LogP contribution in [0, 0.1) is 5.82 Å². The topological polar surface area (TPSA) is 74.8 Å². The Balaban J connectivity index is 2.08. The minimum atomic E-state index is -0.510. The number of fused-ring (bicyclic) bond motifs is 1. The maximum absolute atomic E-state index is 13.5. The van der Waals surface area contributed by atoms with E-state index in [1.807, 2.05) is 0 Å². The van der Waals surface area contributed by atoms with Crippen LogP contribution in [0.2, 0.25) is 0 Å². The van der Waals surface area contributed by atoms with Gasteiger partial charge in [0.15, 0.2) is 5.16 Å². The fraction of sp³-hybridized carbons (Fsp3) is 0.188. The van der Waals surface area contributed by atoms with E-state index in [1.165, 1.54) is 23.9 Å². The Bertz CT molecular complexity index is 834. The summed E-state index contributed by atoms with van der Waals surface area (Å²) in [6.07, 6.45) is 1.78. The van der Waals surface area contributed by atoms with E-state index >= 15 is 0 Å². The summed E-state index contributed by atoms with van der Waals surface area (Å²) in [7, 11) is 0. The van der Waals surface area contributed by atoms with E-state index in [0.717, 1.165) is 0 Å². The van der Waals surface area contributed by atoms with Crippen molar-refractivity contribution in [2.45, 2.75) is 17.5 Å². The second kappa shape index (κ2) is 6.37. The highest BCUT2D eigenvalue weighted by molar-refractivity contribution is 7.99. The molecule has 2 N–H and O–H groups in total. The molecule has 1 aliphatic heterocycles. The number of thioether (sulfide) groups is 1. The fourth-order valence-electron chi connectivity index (χ4n) is 2.56. The van der Waals surface area contributed by atoms with E-state index in [9.17, 15) is 14.0 Å². The molecule has 0 radical (unpaired) electrons. The van der Waals surface area contributed by atoms with Crippen molar-refractivity contribution in [1.82, 2.24) is 9.97 Å². The van der Waals surface area contributed by atoms with E-state index in [0.29, 0.717) is 22.0 Å². The molecular weight excluding hydrogens is 317 g/mol. The second-order valence-electron chi connectivity index (χ2n) is 5.09. The maximum Gasteiger partial charge on any atom is 0.257 e. The number of aromatic amines is 1. The van der Waals surface area contributed by atoms with Gasteiger partial charge in [-0.2, -0.15) is 0 Å². The van der Waals surface area contributed by atoms with Crippen LogP contribution in [0.1, 0.15) is 23.5 Å². The van der Waals surface area contributed by atoms with Crippen LogP contribution >= 0.6 is 11.8 Å². The number of hydrogen-bond acceptors (Lipinski definition) is 4. The Morgan fingerprint density at radius 1 is 1.43 bits per heavy atom. The lowest BCUT2D eigenvalue weighted by atomic mass is 9.87. The van der Waals surface area contributed by atoms with Crippen molar-refractivity contribution in [1.29, 1.82) is 0 Å². The van der Waals surface area contributed by atoms with Crippen LogP contribution in [0.15, 0.2) is 46.9 Å². The Labute approximate surface area is 136 Å². The molecular formula is C16H14FN3O2S. The molecule has 118 valence electrons. The molecule has 0 unspecified atom stereocenters. The predicted octanol–water partition coefficient (Wildman–Crippen LogP) is 2.66. The molecule has 0 spiro atoms. The smallest absolute Gasteiger partial charge is 0.257 e. The first-order chi connectivity index (χ1) is 11.1. The zero-order valence-electron chi connectivity index (χ0n) is 12.1. The highest BCUT2D eigenvalue weighted by atomic mass is 32.2.